The van der Waals surface area contributed by atoms with E-state index in [4.69, 9.17) is 18.9 Å². The first-order valence-electron chi connectivity index (χ1n) is 11.9. The van der Waals surface area contributed by atoms with Crippen molar-refractivity contribution < 1.29 is 28.1 Å². The van der Waals surface area contributed by atoms with E-state index in [1.54, 1.807) is 38.5 Å². The summed E-state index contributed by atoms with van der Waals surface area (Å²) in [6.45, 7) is 0.456. The number of hydrogen-bond acceptors (Lipinski definition) is 6. The van der Waals surface area contributed by atoms with Gasteiger partial charge in [0.05, 0.1) is 26.3 Å². The molecule has 1 aliphatic rings. The van der Waals surface area contributed by atoms with Gasteiger partial charge in [-0.15, -0.1) is 0 Å². The molecule has 5 rings (SSSR count). The number of nitrogens with one attached hydrogen (secondary N) is 2. The van der Waals surface area contributed by atoms with Crippen molar-refractivity contribution >= 4 is 22.6 Å². The van der Waals surface area contributed by atoms with E-state index in [0.717, 1.165) is 10.9 Å². The molecule has 2 amide bonds. The molecule has 0 spiro atoms. The minimum atomic E-state index is -0.428. The number of rotatable bonds is 8. The van der Waals surface area contributed by atoms with Crippen molar-refractivity contribution in [1.82, 2.24) is 9.88 Å². The standard InChI is InChI=1S/C28H26FN3O6/c1-35-23-8-3-17(11-24(23)36-2)9-10-32(28(34)30-21-6-4-20(29)5-7-21)15-19-12-18-13-25-26(38-16-37-25)14-22(18)31-27(19)33/h3-8,11-14H,9-10,15-16H2,1-2H3,(H,30,34)(H,31,33). The number of halogens is 1. The molecule has 1 aromatic heterocycles. The molecule has 2 heterocycles. The number of urea groups is 1. The van der Waals surface area contributed by atoms with Crippen molar-refractivity contribution in [3.05, 3.63) is 88.0 Å². The summed E-state index contributed by atoms with van der Waals surface area (Å²) in [6, 6.07) is 15.9. The number of pyridine rings is 1. The number of carbonyl (C=O) groups excluding carboxylic acids is 1. The van der Waals surface area contributed by atoms with Gasteiger partial charge in [-0.1, -0.05) is 6.07 Å². The summed E-state index contributed by atoms with van der Waals surface area (Å²) in [5.41, 5.74) is 2.05. The van der Waals surface area contributed by atoms with Gasteiger partial charge in [-0.2, -0.15) is 0 Å². The number of fused-ring (bicyclic) bond motifs is 2. The SMILES string of the molecule is COc1ccc(CCN(Cc2cc3cc4c(cc3[nH]c2=O)OCO4)C(=O)Nc2ccc(F)cc2)cc1OC. The van der Waals surface area contributed by atoms with E-state index >= 15 is 0 Å². The van der Waals surface area contributed by atoms with Crippen molar-refractivity contribution in [2.75, 3.05) is 32.9 Å². The zero-order chi connectivity index (χ0) is 26.6. The van der Waals surface area contributed by atoms with E-state index in [2.05, 4.69) is 10.3 Å². The highest BCUT2D eigenvalue weighted by Gasteiger charge is 2.19. The van der Waals surface area contributed by atoms with Gasteiger partial charge in [-0.3, -0.25) is 4.79 Å². The lowest BCUT2D eigenvalue weighted by atomic mass is 10.1. The molecular formula is C28H26FN3O6. The summed E-state index contributed by atoms with van der Waals surface area (Å²) >= 11 is 0. The number of H-pyrrole nitrogens is 1. The molecule has 0 aliphatic carbocycles. The lowest BCUT2D eigenvalue weighted by Gasteiger charge is -2.23. The molecule has 0 fully saturated rings. The second-order valence-corrected chi connectivity index (χ2v) is 8.71. The molecule has 9 nitrogen and oxygen atoms in total. The van der Waals surface area contributed by atoms with Crippen LogP contribution in [0.5, 0.6) is 23.0 Å². The zero-order valence-electron chi connectivity index (χ0n) is 20.9. The second kappa shape index (κ2) is 10.7. The number of aromatic amines is 1. The summed E-state index contributed by atoms with van der Waals surface area (Å²) < 4.78 is 34.9. The Morgan fingerprint density at radius 2 is 1.74 bits per heavy atom. The number of benzene rings is 3. The largest absolute Gasteiger partial charge is 0.493 e. The Morgan fingerprint density at radius 3 is 2.47 bits per heavy atom. The highest BCUT2D eigenvalue weighted by Crippen LogP contribution is 2.35. The lowest BCUT2D eigenvalue weighted by molar-refractivity contribution is 0.174. The zero-order valence-corrected chi connectivity index (χ0v) is 20.9. The summed E-state index contributed by atoms with van der Waals surface area (Å²) in [6.07, 6.45) is 0.487. The molecule has 38 heavy (non-hydrogen) atoms. The van der Waals surface area contributed by atoms with Gasteiger partial charge in [0.1, 0.15) is 5.82 Å². The van der Waals surface area contributed by atoms with Crippen molar-refractivity contribution in [3.8, 4) is 23.0 Å². The summed E-state index contributed by atoms with van der Waals surface area (Å²) in [5, 5.41) is 3.54. The third kappa shape index (κ3) is 5.34. The van der Waals surface area contributed by atoms with Crippen LogP contribution in [0.15, 0.2) is 65.5 Å². The van der Waals surface area contributed by atoms with Crippen LogP contribution < -0.4 is 29.8 Å². The van der Waals surface area contributed by atoms with E-state index < -0.39 is 11.8 Å². The van der Waals surface area contributed by atoms with Gasteiger partial charge < -0.3 is 34.1 Å². The van der Waals surface area contributed by atoms with Gasteiger partial charge in [0, 0.05) is 29.2 Å². The Balaban J connectivity index is 1.41. The van der Waals surface area contributed by atoms with Crippen LogP contribution in [0.2, 0.25) is 0 Å². The fraction of sp³-hybridized carbons (Fsp3) is 0.214. The minimum absolute atomic E-state index is 0.0417. The number of aromatic nitrogens is 1. The van der Waals surface area contributed by atoms with Crippen molar-refractivity contribution in [1.29, 1.82) is 0 Å². The van der Waals surface area contributed by atoms with Crippen LogP contribution in [0.3, 0.4) is 0 Å². The van der Waals surface area contributed by atoms with Gasteiger partial charge >= 0.3 is 6.03 Å². The topological polar surface area (TPSA) is 102 Å². The maximum absolute atomic E-state index is 13.4. The van der Waals surface area contributed by atoms with Crippen LogP contribution >= 0.6 is 0 Å². The average molecular weight is 520 g/mol. The first-order valence-corrected chi connectivity index (χ1v) is 11.9. The third-order valence-corrected chi connectivity index (χ3v) is 6.28. The molecule has 0 saturated carbocycles. The first kappa shape index (κ1) is 24.9. The highest BCUT2D eigenvalue weighted by atomic mass is 19.1. The number of carbonyl (C=O) groups is 1. The van der Waals surface area contributed by atoms with E-state index in [0.29, 0.717) is 52.7 Å². The molecule has 10 heteroatoms. The molecule has 3 aromatic carbocycles. The van der Waals surface area contributed by atoms with Gasteiger partial charge in [0.25, 0.3) is 5.56 Å². The summed E-state index contributed by atoms with van der Waals surface area (Å²) in [7, 11) is 3.12. The first-order chi connectivity index (χ1) is 18.4. The Kier molecular flexibility index (Phi) is 7.03. The Hall–Kier alpha value is -4.73. The predicted octanol–water partition coefficient (Wildman–Crippen LogP) is 4.69. The molecule has 0 bridgehead atoms. The molecule has 0 unspecified atom stereocenters. The van der Waals surface area contributed by atoms with Gasteiger partial charge in [-0.25, -0.2) is 9.18 Å². The van der Waals surface area contributed by atoms with Crippen LogP contribution in [0.25, 0.3) is 10.9 Å². The fourth-order valence-electron chi connectivity index (χ4n) is 4.25. The number of nitrogens with zero attached hydrogens (tertiary/aromatic N) is 1. The number of anilines is 1. The summed E-state index contributed by atoms with van der Waals surface area (Å²) in [4.78, 5) is 30.7. The smallest absolute Gasteiger partial charge is 0.322 e. The molecule has 0 atom stereocenters. The molecule has 1 aliphatic heterocycles. The minimum Gasteiger partial charge on any atom is -0.493 e. The van der Waals surface area contributed by atoms with Crippen molar-refractivity contribution in [3.63, 3.8) is 0 Å². The average Bonchev–Trinajstić information content (AvgIpc) is 3.38. The highest BCUT2D eigenvalue weighted by molar-refractivity contribution is 5.89. The van der Waals surface area contributed by atoms with Crippen LogP contribution in [-0.2, 0) is 13.0 Å². The number of methoxy groups -OCH3 is 2. The maximum atomic E-state index is 13.4. The Bertz CT molecular complexity index is 1540. The Morgan fingerprint density at radius 1 is 1.00 bits per heavy atom. The van der Waals surface area contributed by atoms with Crippen molar-refractivity contribution in [2.24, 2.45) is 0 Å². The molecule has 4 aromatic rings. The van der Waals surface area contributed by atoms with Gasteiger partial charge in [0.15, 0.2) is 23.0 Å². The maximum Gasteiger partial charge on any atom is 0.322 e. The number of hydrogen-bond donors (Lipinski definition) is 2. The number of ether oxygens (including phenoxy) is 4. The predicted molar refractivity (Wildman–Crippen MR) is 140 cm³/mol. The fourth-order valence-corrected chi connectivity index (χ4v) is 4.25. The Labute approximate surface area is 217 Å². The van der Waals surface area contributed by atoms with E-state index in [-0.39, 0.29) is 18.9 Å². The van der Waals surface area contributed by atoms with E-state index in [1.807, 2.05) is 12.1 Å². The lowest BCUT2D eigenvalue weighted by Crippen LogP contribution is -2.37. The van der Waals surface area contributed by atoms with Crippen LogP contribution in [0, 0.1) is 5.82 Å². The molecule has 0 radical (unpaired) electrons. The van der Waals surface area contributed by atoms with E-state index in [1.165, 1.54) is 29.2 Å². The molecule has 2 N–H and O–H groups in total. The number of amides is 2. The molecule has 0 saturated heterocycles. The van der Waals surface area contributed by atoms with Gasteiger partial charge in [-0.05, 0) is 60.5 Å². The normalized spacial score (nSPS) is 11.9. The van der Waals surface area contributed by atoms with Crippen molar-refractivity contribution in [2.45, 2.75) is 13.0 Å². The monoisotopic (exact) mass is 519 g/mol. The van der Waals surface area contributed by atoms with Gasteiger partial charge in [0.2, 0.25) is 6.79 Å². The quantitative estimate of drug-likeness (QED) is 0.350. The van der Waals surface area contributed by atoms with Crippen LogP contribution in [-0.4, -0.2) is 43.5 Å². The third-order valence-electron chi connectivity index (χ3n) is 6.28. The molecule has 196 valence electrons. The van der Waals surface area contributed by atoms with Crippen LogP contribution in [0.4, 0.5) is 14.9 Å². The summed E-state index contributed by atoms with van der Waals surface area (Å²) in [5.74, 6) is 1.94. The second-order valence-electron chi connectivity index (χ2n) is 8.71. The van der Waals surface area contributed by atoms with Crippen LogP contribution in [0.1, 0.15) is 11.1 Å². The molecular weight excluding hydrogens is 493 g/mol. The van der Waals surface area contributed by atoms with E-state index in [9.17, 15) is 14.0 Å².